The molecule has 0 unspecified atom stereocenters. The lowest BCUT2D eigenvalue weighted by Crippen LogP contribution is -2.37. The van der Waals surface area contributed by atoms with Crippen LogP contribution in [0.4, 0.5) is 5.69 Å². The van der Waals surface area contributed by atoms with Crippen LogP contribution in [-0.4, -0.2) is 45.9 Å². The first-order chi connectivity index (χ1) is 12.8. The summed E-state index contributed by atoms with van der Waals surface area (Å²) in [6, 6.07) is 11.0. The Hall–Kier alpha value is -2.29. The maximum absolute atomic E-state index is 12.8. The smallest absolute Gasteiger partial charge is 0.243 e. The summed E-state index contributed by atoms with van der Waals surface area (Å²) in [5.41, 5.74) is 0.514. The van der Waals surface area contributed by atoms with Gasteiger partial charge in [-0.05, 0) is 30.3 Å². The van der Waals surface area contributed by atoms with Crippen LogP contribution < -0.4 is 14.8 Å². The van der Waals surface area contributed by atoms with Gasteiger partial charge >= 0.3 is 0 Å². The summed E-state index contributed by atoms with van der Waals surface area (Å²) >= 11 is 6.03. The van der Waals surface area contributed by atoms with Gasteiger partial charge in [-0.25, -0.2) is 8.42 Å². The second-order valence-corrected chi connectivity index (χ2v) is 7.85. The Kier molecular flexibility index (Phi) is 7.06. The van der Waals surface area contributed by atoms with Gasteiger partial charge in [0.05, 0.1) is 30.7 Å². The zero-order valence-electron chi connectivity index (χ0n) is 15.2. The average molecular weight is 413 g/mol. The lowest BCUT2D eigenvalue weighted by atomic mass is 10.3. The number of likely N-dealkylation sites (N-methyl/N-ethyl adjacent to an activating group) is 1. The van der Waals surface area contributed by atoms with Crippen LogP contribution in [0.2, 0.25) is 5.02 Å². The van der Waals surface area contributed by atoms with Crippen molar-refractivity contribution in [2.45, 2.75) is 11.8 Å². The Labute approximate surface area is 163 Å². The number of hydrogen-bond donors (Lipinski definition) is 1. The minimum absolute atomic E-state index is 0.00988. The number of ether oxygens (including phenoxy) is 2. The van der Waals surface area contributed by atoms with Gasteiger partial charge < -0.3 is 14.8 Å². The molecule has 7 nitrogen and oxygen atoms in total. The van der Waals surface area contributed by atoms with Crippen molar-refractivity contribution >= 4 is 33.2 Å². The Bertz CT molecular complexity index is 918. The molecule has 0 aliphatic carbocycles. The topological polar surface area (TPSA) is 84.9 Å². The number of hydrogen-bond acceptors (Lipinski definition) is 5. The molecule has 1 N–H and O–H groups in total. The molecule has 146 valence electrons. The predicted octanol–water partition coefficient (Wildman–Crippen LogP) is 3.01. The highest BCUT2D eigenvalue weighted by Crippen LogP contribution is 2.28. The molecule has 2 rings (SSSR count). The maximum atomic E-state index is 12.8. The van der Waals surface area contributed by atoms with Crippen LogP contribution in [0.25, 0.3) is 0 Å². The Balaban J connectivity index is 2.17. The van der Waals surface area contributed by atoms with E-state index in [4.69, 9.17) is 21.1 Å². The number of nitrogens with zero attached hydrogens (tertiary/aromatic N) is 1. The number of carbonyl (C=O) groups is 1. The molecule has 27 heavy (non-hydrogen) atoms. The summed E-state index contributed by atoms with van der Waals surface area (Å²) in [5.74, 6) is 0.489. The largest absolute Gasteiger partial charge is 0.497 e. The van der Waals surface area contributed by atoms with Crippen LogP contribution in [0.5, 0.6) is 11.5 Å². The second-order valence-electron chi connectivity index (χ2n) is 5.51. The first kappa shape index (κ1) is 21.0. The van der Waals surface area contributed by atoms with E-state index < -0.39 is 15.9 Å². The second kappa shape index (κ2) is 9.07. The standard InChI is InChI=1S/C18H21ClN2O5S/c1-4-21(12-18(22)20-13-6-5-7-14(10-13)25-2)27(23,24)15-8-9-17(26-3)16(19)11-15/h5-11H,4,12H2,1-3H3,(H,20,22). The van der Waals surface area contributed by atoms with Crippen LogP contribution in [0.1, 0.15) is 6.92 Å². The molecule has 0 fully saturated rings. The van der Waals surface area contributed by atoms with E-state index >= 15 is 0 Å². The number of halogens is 1. The lowest BCUT2D eigenvalue weighted by Gasteiger charge is -2.20. The normalized spacial score (nSPS) is 11.3. The first-order valence-electron chi connectivity index (χ1n) is 8.09. The minimum Gasteiger partial charge on any atom is -0.497 e. The maximum Gasteiger partial charge on any atom is 0.243 e. The molecule has 2 aromatic rings. The highest BCUT2D eigenvalue weighted by molar-refractivity contribution is 7.89. The molecule has 0 aliphatic heterocycles. The summed E-state index contributed by atoms with van der Waals surface area (Å²) in [4.78, 5) is 12.3. The lowest BCUT2D eigenvalue weighted by molar-refractivity contribution is -0.116. The molecule has 0 bridgehead atoms. The van der Waals surface area contributed by atoms with Gasteiger partial charge in [-0.1, -0.05) is 24.6 Å². The van der Waals surface area contributed by atoms with Gasteiger partial charge in [-0.2, -0.15) is 4.31 Å². The molecule has 1 amide bonds. The molecule has 0 radical (unpaired) electrons. The van der Waals surface area contributed by atoms with Crippen molar-refractivity contribution < 1.29 is 22.7 Å². The summed E-state index contributed by atoms with van der Waals surface area (Å²) < 4.78 is 36.9. The molecule has 0 aliphatic rings. The summed E-state index contributed by atoms with van der Waals surface area (Å²) in [6.45, 7) is 1.44. The van der Waals surface area contributed by atoms with Gasteiger partial charge in [0.1, 0.15) is 11.5 Å². The molecule has 0 atom stereocenters. The van der Waals surface area contributed by atoms with Crippen LogP contribution in [0.15, 0.2) is 47.4 Å². The van der Waals surface area contributed by atoms with E-state index in [1.165, 1.54) is 32.4 Å². The van der Waals surface area contributed by atoms with Crippen molar-refractivity contribution in [1.29, 1.82) is 0 Å². The Morgan fingerprint density at radius 1 is 1.15 bits per heavy atom. The molecule has 0 saturated heterocycles. The first-order valence-corrected chi connectivity index (χ1v) is 9.91. The third kappa shape index (κ3) is 5.12. The third-order valence-corrected chi connectivity index (χ3v) is 6.00. The Morgan fingerprint density at radius 2 is 1.89 bits per heavy atom. The van der Waals surface area contributed by atoms with Crippen molar-refractivity contribution in [3.8, 4) is 11.5 Å². The molecular formula is C18H21ClN2O5S. The number of anilines is 1. The van der Waals surface area contributed by atoms with E-state index in [-0.39, 0.29) is 23.0 Å². The Morgan fingerprint density at radius 3 is 2.48 bits per heavy atom. The predicted molar refractivity (Wildman–Crippen MR) is 104 cm³/mol. The van der Waals surface area contributed by atoms with E-state index in [2.05, 4.69) is 5.32 Å². The fourth-order valence-electron chi connectivity index (χ4n) is 2.38. The number of sulfonamides is 1. The minimum atomic E-state index is -3.89. The molecule has 9 heteroatoms. The van der Waals surface area contributed by atoms with Crippen molar-refractivity contribution in [3.05, 3.63) is 47.5 Å². The van der Waals surface area contributed by atoms with Crippen molar-refractivity contribution in [2.75, 3.05) is 32.6 Å². The van der Waals surface area contributed by atoms with Crippen molar-refractivity contribution in [2.24, 2.45) is 0 Å². The zero-order chi connectivity index (χ0) is 20.0. The number of rotatable bonds is 8. The third-order valence-electron chi connectivity index (χ3n) is 3.79. The van der Waals surface area contributed by atoms with Crippen molar-refractivity contribution in [1.82, 2.24) is 4.31 Å². The highest BCUT2D eigenvalue weighted by atomic mass is 35.5. The van der Waals surface area contributed by atoms with Crippen LogP contribution in [0, 0.1) is 0 Å². The fraction of sp³-hybridized carbons (Fsp3) is 0.278. The van der Waals surface area contributed by atoms with Crippen LogP contribution >= 0.6 is 11.6 Å². The van der Waals surface area contributed by atoms with Gasteiger partial charge in [0, 0.05) is 18.3 Å². The average Bonchev–Trinajstić information content (AvgIpc) is 2.65. The monoisotopic (exact) mass is 412 g/mol. The zero-order valence-corrected chi connectivity index (χ0v) is 16.8. The quantitative estimate of drug-likeness (QED) is 0.720. The van der Waals surface area contributed by atoms with Gasteiger partial charge in [-0.15, -0.1) is 0 Å². The van der Waals surface area contributed by atoms with E-state index in [0.29, 0.717) is 17.2 Å². The van der Waals surface area contributed by atoms with E-state index in [1.54, 1.807) is 31.2 Å². The molecule has 2 aromatic carbocycles. The van der Waals surface area contributed by atoms with Gasteiger partial charge in [0.2, 0.25) is 15.9 Å². The summed E-state index contributed by atoms with van der Waals surface area (Å²) in [6.07, 6.45) is 0. The molecule has 0 aromatic heterocycles. The molecule has 0 heterocycles. The number of benzene rings is 2. The number of nitrogens with one attached hydrogen (secondary N) is 1. The van der Waals surface area contributed by atoms with Gasteiger partial charge in [0.25, 0.3) is 0 Å². The van der Waals surface area contributed by atoms with Gasteiger partial charge in [-0.3, -0.25) is 4.79 Å². The fourth-order valence-corrected chi connectivity index (χ4v) is 4.14. The highest BCUT2D eigenvalue weighted by Gasteiger charge is 2.26. The SMILES string of the molecule is CCN(CC(=O)Nc1cccc(OC)c1)S(=O)(=O)c1ccc(OC)c(Cl)c1. The summed E-state index contributed by atoms with van der Waals surface area (Å²) in [5, 5.41) is 2.84. The van der Waals surface area contributed by atoms with E-state index in [9.17, 15) is 13.2 Å². The molecule has 0 spiro atoms. The number of carbonyl (C=O) groups excluding carboxylic acids is 1. The number of amides is 1. The molecule has 0 saturated carbocycles. The number of methoxy groups -OCH3 is 2. The van der Waals surface area contributed by atoms with E-state index in [1.807, 2.05) is 0 Å². The van der Waals surface area contributed by atoms with Crippen molar-refractivity contribution in [3.63, 3.8) is 0 Å². The molecular weight excluding hydrogens is 392 g/mol. The van der Waals surface area contributed by atoms with Crippen LogP contribution in [0.3, 0.4) is 0 Å². The van der Waals surface area contributed by atoms with Gasteiger partial charge in [0.15, 0.2) is 0 Å². The van der Waals surface area contributed by atoms with Crippen LogP contribution in [-0.2, 0) is 14.8 Å². The summed E-state index contributed by atoms with van der Waals surface area (Å²) in [7, 11) is -0.930. The van der Waals surface area contributed by atoms with E-state index in [0.717, 1.165) is 4.31 Å².